The summed E-state index contributed by atoms with van der Waals surface area (Å²) in [5, 5.41) is 1.88. The first-order valence-corrected chi connectivity index (χ1v) is 12.1. The molecule has 0 spiro atoms. The fraction of sp³-hybridized carbons (Fsp3) is 0.261. The number of rotatable bonds is 9. The Morgan fingerprint density at radius 1 is 1.06 bits per heavy atom. The molecule has 2 aromatic carbocycles. The number of nitrogens with zero attached hydrogens (tertiary/aromatic N) is 1. The zero-order chi connectivity index (χ0) is 22.4. The average molecular weight is 460 g/mol. The van der Waals surface area contributed by atoms with Gasteiger partial charge in [0.05, 0.1) is 12.0 Å². The van der Waals surface area contributed by atoms with Crippen molar-refractivity contribution in [1.82, 2.24) is 4.90 Å². The van der Waals surface area contributed by atoms with Crippen LogP contribution < -0.4 is 8.92 Å². The minimum absolute atomic E-state index is 0.0298. The first-order valence-electron chi connectivity index (χ1n) is 9.86. The number of amides is 1. The number of hydrogen-bond donors (Lipinski definition) is 0. The van der Waals surface area contributed by atoms with Gasteiger partial charge in [-0.2, -0.15) is 8.42 Å². The van der Waals surface area contributed by atoms with Crippen LogP contribution in [0.4, 0.5) is 0 Å². The molecule has 1 aromatic heterocycles. The summed E-state index contributed by atoms with van der Waals surface area (Å²) < 4.78 is 35.6. The van der Waals surface area contributed by atoms with Crippen molar-refractivity contribution in [3.8, 4) is 11.5 Å². The smallest absolute Gasteiger partial charge is 0.339 e. The summed E-state index contributed by atoms with van der Waals surface area (Å²) in [5.41, 5.74) is 0.785. The van der Waals surface area contributed by atoms with Crippen molar-refractivity contribution in [2.75, 3.05) is 7.11 Å². The van der Waals surface area contributed by atoms with Gasteiger partial charge in [-0.25, -0.2) is 0 Å². The van der Waals surface area contributed by atoms with E-state index in [1.165, 1.54) is 30.6 Å². The first kappa shape index (κ1) is 22.8. The standard InChI is InChI=1S/C23H25NO5S2/c1-4-17(2)24(23(25)22-9-6-14-30-22)16-18-7-5-8-20(15-18)29-31(26,27)21-12-10-19(28-3)11-13-21/h5-15,17H,4,16H2,1-3H3/t17-/m0/s1. The highest BCUT2D eigenvalue weighted by Gasteiger charge is 2.22. The van der Waals surface area contributed by atoms with Crippen molar-refractivity contribution < 1.29 is 22.1 Å². The number of carbonyl (C=O) groups excluding carboxylic acids is 1. The Hall–Kier alpha value is -2.84. The Kier molecular flexibility index (Phi) is 7.35. The molecule has 0 aliphatic heterocycles. The SMILES string of the molecule is CC[C@H](C)N(Cc1cccc(OS(=O)(=O)c2ccc(OC)cc2)c1)C(=O)c1cccs1. The maximum absolute atomic E-state index is 13.0. The van der Waals surface area contributed by atoms with Gasteiger partial charge < -0.3 is 13.8 Å². The summed E-state index contributed by atoms with van der Waals surface area (Å²) in [5.74, 6) is 0.712. The molecule has 1 atom stereocenters. The minimum atomic E-state index is -3.99. The van der Waals surface area contributed by atoms with Crippen molar-refractivity contribution >= 4 is 27.4 Å². The van der Waals surface area contributed by atoms with Gasteiger partial charge in [0.15, 0.2) is 0 Å². The van der Waals surface area contributed by atoms with Gasteiger partial charge in [-0.05, 0) is 66.8 Å². The topological polar surface area (TPSA) is 72.9 Å². The molecule has 0 unspecified atom stereocenters. The molecule has 8 heteroatoms. The van der Waals surface area contributed by atoms with Crippen LogP contribution in [-0.4, -0.2) is 32.4 Å². The van der Waals surface area contributed by atoms with Crippen molar-refractivity contribution in [1.29, 1.82) is 0 Å². The third-order valence-electron chi connectivity index (χ3n) is 4.92. The second-order valence-electron chi connectivity index (χ2n) is 7.03. The van der Waals surface area contributed by atoms with E-state index in [9.17, 15) is 13.2 Å². The van der Waals surface area contributed by atoms with Gasteiger partial charge in [0.2, 0.25) is 0 Å². The van der Waals surface area contributed by atoms with Crippen molar-refractivity contribution in [2.24, 2.45) is 0 Å². The third-order valence-corrected chi connectivity index (χ3v) is 7.04. The predicted octanol–water partition coefficient (Wildman–Crippen LogP) is 4.97. The predicted molar refractivity (Wildman–Crippen MR) is 121 cm³/mol. The number of methoxy groups -OCH3 is 1. The Labute approximate surface area is 187 Å². The highest BCUT2D eigenvalue weighted by Crippen LogP contribution is 2.24. The third kappa shape index (κ3) is 5.65. The number of carbonyl (C=O) groups is 1. The number of hydrogen-bond acceptors (Lipinski definition) is 6. The van der Waals surface area contributed by atoms with E-state index in [4.69, 9.17) is 8.92 Å². The molecule has 1 amide bonds. The van der Waals surface area contributed by atoms with Gasteiger partial charge in [-0.3, -0.25) is 4.79 Å². The van der Waals surface area contributed by atoms with Crippen molar-refractivity contribution in [3.05, 3.63) is 76.5 Å². The molecule has 0 aliphatic carbocycles. The maximum atomic E-state index is 13.0. The van der Waals surface area contributed by atoms with Gasteiger partial charge >= 0.3 is 10.1 Å². The van der Waals surface area contributed by atoms with Crippen LogP contribution in [0, 0.1) is 0 Å². The molecule has 164 valence electrons. The Bertz CT molecular complexity index is 1110. The fourth-order valence-corrected chi connectivity index (χ4v) is 4.60. The minimum Gasteiger partial charge on any atom is -0.497 e. The Morgan fingerprint density at radius 2 is 1.81 bits per heavy atom. The lowest BCUT2D eigenvalue weighted by Crippen LogP contribution is -2.37. The van der Waals surface area contributed by atoms with Crippen LogP contribution >= 0.6 is 11.3 Å². The van der Waals surface area contributed by atoms with Gasteiger partial charge in [0.25, 0.3) is 5.91 Å². The normalized spacial score (nSPS) is 12.2. The van der Waals surface area contributed by atoms with Gasteiger partial charge in [-0.15, -0.1) is 11.3 Å². The van der Waals surface area contributed by atoms with Crippen LogP contribution in [0.15, 0.2) is 70.9 Å². The van der Waals surface area contributed by atoms with Gasteiger partial charge in [0.1, 0.15) is 16.4 Å². The molecule has 0 aliphatic rings. The summed E-state index contributed by atoms with van der Waals surface area (Å²) in [4.78, 5) is 15.5. The lowest BCUT2D eigenvalue weighted by atomic mass is 10.1. The van der Waals surface area contributed by atoms with Crippen LogP contribution in [0.2, 0.25) is 0 Å². The quantitative estimate of drug-likeness (QED) is 0.423. The average Bonchev–Trinajstić information content (AvgIpc) is 3.31. The van der Waals surface area contributed by atoms with Crippen LogP contribution in [-0.2, 0) is 16.7 Å². The van der Waals surface area contributed by atoms with Crippen LogP contribution in [0.1, 0.15) is 35.5 Å². The first-order chi connectivity index (χ1) is 14.8. The fourth-order valence-electron chi connectivity index (χ4n) is 3.00. The molecule has 0 saturated carbocycles. The van der Waals surface area contributed by atoms with E-state index in [0.717, 1.165) is 12.0 Å². The van der Waals surface area contributed by atoms with Crippen LogP contribution in [0.3, 0.4) is 0 Å². The van der Waals surface area contributed by atoms with E-state index in [2.05, 4.69) is 0 Å². The molecule has 0 bridgehead atoms. The molecule has 0 fully saturated rings. The highest BCUT2D eigenvalue weighted by atomic mass is 32.2. The van der Waals surface area contributed by atoms with E-state index >= 15 is 0 Å². The van der Waals surface area contributed by atoms with E-state index in [-0.39, 0.29) is 22.6 Å². The number of benzene rings is 2. The van der Waals surface area contributed by atoms with Gasteiger partial charge in [0, 0.05) is 12.6 Å². The lowest BCUT2D eigenvalue weighted by molar-refractivity contribution is 0.0676. The summed E-state index contributed by atoms with van der Waals surface area (Å²) in [6, 6.07) is 16.5. The number of thiophene rings is 1. The molecule has 6 nitrogen and oxygen atoms in total. The second-order valence-corrected chi connectivity index (χ2v) is 9.52. The molecular weight excluding hydrogens is 434 g/mol. The van der Waals surface area contributed by atoms with E-state index in [1.54, 1.807) is 35.2 Å². The van der Waals surface area contributed by atoms with E-state index < -0.39 is 10.1 Å². The summed E-state index contributed by atoms with van der Waals surface area (Å²) in [7, 11) is -2.48. The molecule has 0 saturated heterocycles. The highest BCUT2D eigenvalue weighted by molar-refractivity contribution is 7.87. The maximum Gasteiger partial charge on any atom is 0.339 e. The second kappa shape index (κ2) is 9.98. The summed E-state index contributed by atoms with van der Waals surface area (Å²) >= 11 is 1.40. The molecule has 3 aromatic rings. The zero-order valence-electron chi connectivity index (χ0n) is 17.6. The Morgan fingerprint density at radius 3 is 2.42 bits per heavy atom. The molecule has 0 radical (unpaired) electrons. The van der Waals surface area contributed by atoms with Crippen molar-refractivity contribution in [2.45, 2.75) is 37.8 Å². The molecular formula is C23H25NO5S2. The molecule has 0 N–H and O–H groups in total. The monoisotopic (exact) mass is 459 g/mol. The summed E-state index contributed by atoms with van der Waals surface area (Å²) in [6.45, 7) is 4.38. The molecule has 1 heterocycles. The molecule has 3 rings (SSSR count). The number of ether oxygens (including phenoxy) is 1. The largest absolute Gasteiger partial charge is 0.497 e. The van der Waals surface area contributed by atoms with Crippen LogP contribution in [0.5, 0.6) is 11.5 Å². The Balaban J connectivity index is 1.80. The molecule has 31 heavy (non-hydrogen) atoms. The van der Waals surface area contributed by atoms with Crippen molar-refractivity contribution in [3.63, 3.8) is 0 Å². The lowest BCUT2D eigenvalue weighted by Gasteiger charge is -2.28. The van der Waals surface area contributed by atoms with E-state index in [1.807, 2.05) is 37.4 Å². The summed E-state index contributed by atoms with van der Waals surface area (Å²) in [6.07, 6.45) is 0.805. The van der Waals surface area contributed by atoms with Crippen LogP contribution in [0.25, 0.3) is 0 Å². The van der Waals surface area contributed by atoms with E-state index in [0.29, 0.717) is 17.2 Å². The van der Waals surface area contributed by atoms with Gasteiger partial charge in [-0.1, -0.05) is 25.1 Å². The zero-order valence-corrected chi connectivity index (χ0v) is 19.3.